The number of fused-ring (bicyclic) bond motifs is 6. The van der Waals surface area contributed by atoms with Crippen molar-refractivity contribution in [2.75, 3.05) is 0 Å². The Bertz CT molecular complexity index is 3470. The van der Waals surface area contributed by atoms with E-state index in [1.165, 1.54) is 114 Å². The highest BCUT2D eigenvalue weighted by molar-refractivity contribution is 7.20. The molecule has 0 N–H and O–H groups in total. The second kappa shape index (κ2) is 30.8. The summed E-state index contributed by atoms with van der Waals surface area (Å²) in [5.41, 5.74) is 22.1. The zero-order valence-corrected chi connectivity index (χ0v) is 50.8. The Hall–Kier alpha value is -7.00. The summed E-state index contributed by atoms with van der Waals surface area (Å²) in [6.45, 7) is 37.4. The van der Waals surface area contributed by atoms with Gasteiger partial charge in [0, 0.05) is 31.2 Å². The van der Waals surface area contributed by atoms with E-state index < -0.39 is 0 Å². The molecule has 78 heavy (non-hydrogen) atoms. The van der Waals surface area contributed by atoms with Crippen LogP contribution < -0.4 is 10.6 Å². The predicted octanol–water partition coefficient (Wildman–Crippen LogP) is 22.4. The van der Waals surface area contributed by atoms with Crippen molar-refractivity contribution in [3.8, 4) is 22.3 Å². The van der Waals surface area contributed by atoms with Gasteiger partial charge in [-0.2, -0.15) is 0 Å². The van der Waals surface area contributed by atoms with Gasteiger partial charge in [0.15, 0.2) is 0 Å². The van der Waals surface area contributed by atoms with Crippen molar-refractivity contribution in [3.05, 3.63) is 248 Å². The molecule has 0 saturated carbocycles. The lowest BCUT2D eigenvalue weighted by molar-refractivity contribution is 0.576. The molecular formula is C76H90OS. The average molecular weight is 1050 g/mol. The number of allylic oxidation sites excluding steroid dienone is 21. The molecule has 0 radical (unpaired) electrons. The van der Waals surface area contributed by atoms with Gasteiger partial charge in [-0.1, -0.05) is 250 Å². The topological polar surface area (TPSA) is 13.1 Å². The molecule has 4 aliphatic carbocycles. The van der Waals surface area contributed by atoms with E-state index in [4.69, 9.17) is 4.42 Å². The van der Waals surface area contributed by atoms with Crippen LogP contribution in [0.15, 0.2) is 215 Å². The minimum atomic E-state index is -0.00713. The second-order valence-electron chi connectivity index (χ2n) is 19.9. The van der Waals surface area contributed by atoms with Crippen LogP contribution in [0.5, 0.6) is 0 Å². The first kappa shape index (κ1) is 61.8. The highest BCUT2D eigenvalue weighted by Gasteiger charge is 2.38. The van der Waals surface area contributed by atoms with E-state index in [9.17, 15) is 0 Å². The van der Waals surface area contributed by atoms with Gasteiger partial charge < -0.3 is 4.42 Å². The van der Waals surface area contributed by atoms with Crippen molar-refractivity contribution in [2.45, 2.75) is 147 Å². The van der Waals surface area contributed by atoms with E-state index in [2.05, 4.69) is 233 Å². The first-order valence-electron chi connectivity index (χ1n) is 28.9. The van der Waals surface area contributed by atoms with Crippen LogP contribution in [0.2, 0.25) is 0 Å². The minimum Gasteiger partial charge on any atom is -0.455 e. The number of furan rings is 1. The first-order valence-corrected chi connectivity index (χ1v) is 29.8. The first-order chi connectivity index (χ1) is 38.0. The SMILES string of the molecule is C=C/C=C(\C=C/C)C1=CC2=C(CC1)C(C)(C)c1cc(-c3cccc4c(=C/C)/c(=C\C=C)oc34)ccc12.CC.CC.CCC.C\C=C/C=C\C(=C/C)C1=CCCC=C1C.Cc1ccc(-c2cccc3c4c(sc23)C=CCC4)cc1. The third-order valence-corrected chi connectivity index (χ3v) is 15.6. The van der Waals surface area contributed by atoms with E-state index in [0.717, 1.165) is 40.0 Å². The maximum atomic E-state index is 6.37. The van der Waals surface area contributed by atoms with Gasteiger partial charge in [-0.05, 0) is 170 Å². The largest absolute Gasteiger partial charge is 0.455 e. The molecule has 0 bridgehead atoms. The Balaban J connectivity index is 0.000000224. The molecule has 2 heteroatoms. The fourth-order valence-electron chi connectivity index (χ4n) is 10.7. The van der Waals surface area contributed by atoms with Crippen molar-refractivity contribution in [1.82, 2.24) is 0 Å². The molecule has 0 aliphatic heterocycles. The highest BCUT2D eigenvalue weighted by Crippen LogP contribution is 2.52. The Kier molecular flexibility index (Phi) is 24.4. The summed E-state index contributed by atoms with van der Waals surface area (Å²) in [6, 6.07) is 29.0. The van der Waals surface area contributed by atoms with Gasteiger partial charge in [0.25, 0.3) is 0 Å². The van der Waals surface area contributed by atoms with Crippen LogP contribution in [0.25, 0.3) is 67.1 Å². The summed E-state index contributed by atoms with van der Waals surface area (Å²) in [7, 11) is 0. The second-order valence-corrected chi connectivity index (χ2v) is 21.0. The molecule has 2 aromatic heterocycles. The average Bonchev–Trinajstić information content (AvgIpc) is 4.20. The lowest BCUT2D eigenvalue weighted by Crippen LogP contribution is -2.18. The predicted molar refractivity (Wildman–Crippen MR) is 353 cm³/mol. The third-order valence-electron chi connectivity index (χ3n) is 14.3. The number of rotatable bonds is 9. The minimum absolute atomic E-state index is 0.00713. The van der Waals surface area contributed by atoms with Gasteiger partial charge >= 0.3 is 0 Å². The monoisotopic (exact) mass is 1050 g/mol. The van der Waals surface area contributed by atoms with Crippen LogP contribution in [0.1, 0.15) is 156 Å². The van der Waals surface area contributed by atoms with Crippen molar-refractivity contribution in [3.63, 3.8) is 0 Å². The maximum Gasteiger partial charge on any atom is 0.143 e. The fourth-order valence-corrected chi connectivity index (χ4v) is 12.0. The summed E-state index contributed by atoms with van der Waals surface area (Å²) >= 11 is 1.94. The van der Waals surface area contributed by atoms with Crippen LogP contribution in [0, 0.1) is 6.92 Å². The number of thiophene rings is 1. The van der Waals surface area contributed by atoms with Crippen LogP contribution in [-0.4, -0.2) is 0 Å². The Morgan fingerprint density at radius 1 is 0.705 bits per heavy atom. The van der Waals surface area contributed by atoms with Crippen molar-refractivity contribution < 1.29 is 4.42 Å². The molecule has 0 atom stereocenters. The molecule has 0 spiro atoms. The lowest BCUT2D eigenvalue weighted by atomic mass is 9.76. The lowest BCUT2D eigenvalue weighted by Gasteiger charge is -2.27. The van der Waals surface area contributed by atoms with E-state index in [1.54, 1.807) is 17.2 Å². The van der Waals surface area contributed by atoms with Crippen LogP contribution in [0.3, 0.4) is 0 Å². The molecule has 4 aliphatic rings. The molecule has 0 unspecified atom stereocenters. The third kappa shape index (κ3) is 14.4. The zero-order chi connectivity index (χ0) is 56.8. The number of benzene rings is 4. The van der Waals surface area contributed by atoms with E-state index in [1.807, 2.05) is 64.2 Å². The number of hydrogen-bond donors (Lipinski definition) is 0. The molecular weight excluding hydrogens is 961 g/mol. The summed E-state index contributed by atoms with van der Waals surface area (Å²) in [5.74, 6) is 0. The van der Waals surface area contributed by atoms with Gasteiger partial charge in [-0.3, -0.25) is 0 Å². The normalized spacial score (nSPS) is 15.8. The summed E-state index contributed by atoms with van der Waals surface area (Å²) in [5, 5.41) is 3.71. The van der Waals surface area contributed by atoms with E-state index >= 15 is 0 Å². The zero-order valence-electron chi connectivity index (χ0n) is 50.0. The molecule has 0 saturated heterocycles. The number of aryl methyl sites for hydroxylation is 2. The summed E-state index contributed by atoms with van der Waals surface area (Å²) in [6.07, 6.45) is 44.4. The van der Waals surface area contributed by atoms with Crippen LogP contribution in [0.4, 0.5) is 0 Å². The molecule has 0 amide bonds. The Morgan fingerprint density at radius 3 is 2.05 bits per heavy atom. The standard InChI is InChI=1S/C35H34O.C19H16S.C15H20.C3H8.2C2H6/c1-7-12-23(13-8-2)24-18-20-31-30(21-24)28-19-17-25(22-32(28)35(31,5)6)27-15-11-16-29-26(10-4)33(14-9-3)36-34(27)29;1-13-9-11-14(12-10-13)15-6-4-7-17-16-5-2-3-8-18(16)20-19(15)17;1-4-6-7-11-14(5-2)15-12-9-8-10-13(15)3;1-3-2;2*1-2/h7-17,19,21-22H,1,3,18,20H2,2,4-6H3;3-4,6-12H,2,5H2,1H3;4-7,10-12H,8-9H2,1-3H3;3H2,1-2H3;2*1-2H3/b13-8-,23-12+,26-10-,33-14+;;6-4-,11-7-,14-5+;;;. The molecule has 6 aromatic rings. The quantitative estimate of drug-likeness (QED) is 0.132. The van der Waals surface area contributed by atoms with E-state index in [0.29, 0.717) is 0 Å². The summed E-state index contributed by atoms with van der Waals surface area (Å²) in [4.78, 5) is 1.45. The van der Waals surface area contributed by atoms with Gasteiger partial charge in [-0.25, -0.2) is 0 Å². The van der Waals surface area contributed by atoms with Crippen LogP contribution >= 0.6 is 11.3 Å². The van der Waals surface area contributed by atoms with Gasteiger partial charge in [0.1, 0.15) is 11.0 Å². The summed E-state index contributed by atoms with van der Waals surface area (Å²) < 4.78 is 7.81. The van der Waals surface area contributed by atoms with Crippen molar-refractivity contribution in [1.29, 1.82) is 0 Å². The molecule has 0 fully saturated rings. The van der Waals surface area contributed by atoms with E-state index in [-0.39, 0.29) is 5.41 Å². The maximum absolute atomic E-state index is 6.37. The van der Waals surface area contributed by atoms with Gasteiger partial charge in [0.05, 0.1) is 0 Å². The van der Waals surface area contributed by atoms with Gasteiger partial charge in [0.2, 0.25) is 0 Å². The molecule has 10 rings (SSSR count). The Morgan fingerprint density at radius 2 is 1.40 bits per heavy atom. The smallest absolute Gasteiger partial charge is 0.143 e. The Labute approximate surface area is 475 Å². The van der Waals surface area contributed by atoms with Crippen molar-refractivity contribution in [2.24, 2.45) is 0 Å². The number of para-hydroxylation sites is 1. The molecule has 1 nitrogen and oxygen atoms in total. The van der Waals surface area contributed by atoms with Crippen molar-refractivity contribution >= 4 is 56.2 Å². The molecule has 406 valence electrons. The van der Waals surface area contributed by atoms with Gasteiger partial charge in [-0.15, -0.1) is 11.3 Å². The van der Waals surface area contributed by atoms with Crippen LogP contribution in [-0.2, 0) is 11.8 Å². The fraction of sp³-hybridized carbons (Fsp3) is 0.289. The number of hydrogen-bond acceptors (Lipinski definition) is 2. The highest BCUT2D eigenvalue weighted by atomic mass is 32.1. The molecule has 2 heterocycles. The molecule has 4 aromatic carbocycles.